The van der Waals surface area contributed by atoms with Gasteiger partial charge in [0.25, 0.3) is 0 Å². The number of ether oxygens (including phenoxy) is 1. The van der Waals surface area contributed by atoms with Crippen molar-refractivity contribution >= 4 is 17.7 Å². The third-order valence-electron chi connectivity index (χ3n) is 2.48. The molecule has 86 valence electrons. The maximum Gasteiger partial charge on any atom is 0.304 e. The standard InChI is InChI=1S/C12H14O3S/c13-12(14)5-6-16-8-10-7-9-3-1-2-4-11(9)15-10/h1-4,10H,5-8H2,(H,13,14). The van der Waals surface area contributed by atoms with Crippen LogP contribution in [0.15, 0.2) is 24.3 Å². The van der Waals surface area contributed by atoms with E-state index in [1.54, 1.807) is 11.8 Å². The molecule has 1 aliphatic rings. The number of benzene rings is 1. The van der Waals surface area contributed by atoms with Gasteiger partial charge in [0.1, 0.15) is 11.9 Å². The van der Waals surface area contributed by atoms with E-state index >= 15 is 0 Å². The highest BCUT2D eigenvalue weighted by Crippen LogP contribution is 2.29. The number of hydrogen-bond donors (Lipinski definition) is 1. The van der Waals surface area contributed by atoms with E-state index in [2.05, 4.69) is 6.07 Å². The van der Waals surface area contributed by atoms with Crippen molar-refractivity contribution in [2.24, 2.45) is 0 Å². The summed E-state index contributed by atoms with van der Waals surface area (Å²) in [6.07, 6.45) is 1.37. The highest BCUT2D eigenvalue weighted by atomic mass is 32.2. The lowest BCUT2D eigenvalue weighted by Gasteiger charge is -2.09. The van der Waals surface area contributed by atoms with Gasteiger partial charge in [-0.1, -0.05) is 18.2 Å². The predicted molar refractivity (Wildman–Crippen MR) is 64.1 cm³/mol. The van der Waals surface area contributed by atoms with Crippen LogP contribution in [0.2, 0.25) is 0 Å². The maximum atomic E-state index is 10.3. The van der Waals surface area contributed by atoms with Crippen molar-refractivity contribution in [1.29, 1.82) is 0 Å². The Morgan fingerprint density at radius 1 is 1.50 bits per heavy atom. The molecule has 3 nitrogen and oxygen atoms in total. The van der Waals surface area contributed by atoms with Crippen LogP contribution in [0.25, 0.3) is 0 Å². The molecule has 0 fully saturated rings. The van der Waals surface area contributed by atoms with Crippen LogP contribution in [-0.4, -0.2) is 28.7 Å². The van der Waals surface area contributed by atoms with Crippen LogP contribution in [0.1, 0.15) is 12.0 Å². The second kappa shape index (κ2) is 5.25. The number of aliphatic carboxylic acids is 1. The molecule has 0 saturated carbocycles. The first kappa shape index (κ1) is 11.3. The van der Waals surface area contributed by atoms with Gasteiger partial charge in [0.05, 0.1) is 6.42 Å². The highest BCUT2D eigenvalue weighted by Gasteiger charge is 2.21. The fourth-order valence-electron chi connectivity index (χ4n) is 1.72. The molecule has 0 bridgehead atoms. The SMILES string of the molecule is O=C(O)CCSCC1Cc2ccccc2O1. The van der Waals surface area contributed by atoms with Crippen molar-refractivity contribution in [3.63, 3.8) is 0 Å². The van der Waals surface area contributed by atoms with Gasteiger partial charge in [0.15, 0.2) is 0 Å². The van der Waals surface area contributed by atoms with Crippen LogP contribution in [0.4, 0.5) is 0 Å². The number of carboxylic acid groups (broad SMARTS) is 1. The molecule has 16 heavy (non-hydrogen) atoms. The average Bonchev–Trinajstić information content (AvgIpc) is 2.66. The van der Waals surface area contributed by atoms with Gasteiger partial charge >= 0.3 is 5.97 Å². The van der Waals surface area contributed by atoms with E-state index in [9.17, 15) is 4.79 Å². The zero-order chi connectivity index (χ0) is 11.4. The molecule has 1 heterocycles. The smallest absolute Gasteiger partial charge is 0.304 e. The lowest BCUT2D eigenvalue weighted by atomic mass is 10.1. The second-order valence-electron chi connectivity index (χ2n) is 3.77. The molecule has 0 radical (unpaired) electrons. The predicted octanol–water partition coefficient (Wildman–Crippen LogP) is 2.20. The van der Waals surface area contributed by atoms with Crippen molar-refractivity contribution in [2.45, 2.75) is 18.9 Å². The number of carbonyl (C=O) groups is 1. The van der Waals surface area contributed by atoms with E-state index in [1.165, 1.54) is 5.56 Å². The van der Waals surface area contributed by atoms with Crippen LogP contribution in [0.5, 0.6) is 5.75 Å². The molecular formula is C12H14O3S. The monoisotopic (exact) mass is 238 g/mol. The Morgan fingerprint density at radius 2 is 2.31 bits per heavy atom. The Hall–Kier alpha value is -1.16. The molecule has 0 aliphatic carbocycles. The van der Waals surface area contributed by atoms with Gasteiger partial charge in [0.2, 0.25) is 0 Å². The minimum Gasteiger partial charge on any atom is -0.489 e. The summed E-state index contributed by atoms with van der Waals surface area (Å²) in [5, 5.41) is 8.50. The van der Waals surface area contributed by atoms with Crippen LogP contribution < -0.4 is 4.74 Å². The number of hydrogen-bond acceptors (Lipinski definition) is 3. The number of para-hydroxylation sites is 1. The van der Waals surface area contributed by atoms with Gasteiger partial charge in [0, 0.05) is 17.9 Å². The van der Waals surface area contributed by atoms with Crippen LogP contribution in [0.3, 0.4) is 0 Å². The normalized spacial score (nSPS) is 17.9. The third-order valence-corrected chi connectivity index (χ3v) is 3.58. The van der Waals surface area contributed by atoms with E-state index in [-0.39, 0.29) is 12.5 Å². The summed E-state index contributed by atoms with van der Waals surface area (Å²) in [4.78, 5) is 10.3. The molecule has 1 N–H and O–H groups in total. The van der Waals surface area contributed by atoms with Crippen LogP contribution in [-0.2, 0) is 11.2 Å². The molecule has 1 atom stereocenters. The Morgan fingerprint density at radius 3 is 3.06 bits per heavy atom. The van der Waals surface area contributed by atoms with Gasteiger partial charge in [-0.2, -0.15) is 11.8 Å². The first-order valence-electron chi connectivity index (χ1n) is 5.30. The number of carboxylic acids is 1. The summed E-state index contributed by atoms with van der Waals surface area (Å²) in [7, 11) is 0. The zero-order valence-corrected chi connectivity index (χ0v) is 9.70. The fourth-order valence-corrected chi connectivity index (χ4v) is 2.66. The Labute approximate surface area is 98.8 Å². The molecule has 0 amide bonds. The topological polar surface area (TPSA) is 46.5 Å². The number of rotatable bonds is 5. The molecule has 1 aliphatic heterocycles. The van der Waals surface area contributed by atoms with Gasteiger partial charge in [-0.05, 0) is 11.6 Å². The largest absolute Gasteiger partial charge is 0.489 e. The van der Waals surface area contributed by atoms with E-state index < -0.39 is 5.97 Å². The van der Waals surface area contributed by atoms with Crippen LogP contribution in [0, 0.1) is 0 Å². The van der Waals surface area contributed by atoms with E-state index in [0.717, 1.165) is 17.9 Å². The Balaban J connectivity index is 1.73. The molecule has 1 aromatic carbocycles. The lowest BCUT2D eigenvalue weighted by molar-refractivity contribution is -0.136. The first-order chi connectivity index (χ1) is 7.75. The molecule has 0 saturated heterocycles. The summed E-state index contributed by atoms with van der Waals surface area (Å²) < 4.78 is 5.75. The Kier molecular flexibility index (Phi) is 3.72. The third kappa shape index (κ3) is 2.92. The molecule has 0 spiro atoms. The quantitative estimate of drug-likeness (QED) is 0.799. The summed E-state index contributed by atoms with van der Waals surface area (Å²) >= 11 is 1.64. The van der Waals surface area contributed by atoms with Gasteiger partial charge in [-0.3, -0.25) is 4.79 Å². The van der Waals surface area contributed by atoms with Crippen molar-refractivity contribution in [3.8, 4) is 5.75 Å². The van der Waals surface area contributed by atoms with Crippen molar-refractivity contribution in [1.82, 2.24) is 0 Å². The summed E-state index contributed by atoms with van der Waals surface area (Å²) in [6, 6.07) is 8.05. The van der Waals surface area contributed by atoms with Crippen molar-refractivity contribution in [3.05, 3.63) is 29.8 Å². The van der Waals surface area contributed by atoms with E-state index in [4.69, 9.17) is 9.84 Å². The Bertz CT molecular complexity index is 353. The number of thioether (sulfide) groups is 1. The molecule has 0 aromatic heterocycles. The van der Waals surface area contributed by atoms with Crippen LogP contribution >= 0.6 is 11.8 Å². The molecular weight excluding hydrogens is 224 g/mol. The van der Waals surface area contributed by atoms with E-state index in [1.807, 2.05) is 18.2 Å². The minimum absolute atomic E-state index is 0.205. The van der Waals surface area contributed by atoms with Gasteiger partial charge in [-0.15, -0.1) is 0 Å². The number of fused-ring (bicyclic) bond motifs is 1. The van der Waals surface area contributed by atoms with E-state index in [0.29, 0.717) is 5.75 Å². The van der Waals surface area contributed by atoms with Crippen molar-refractivity contribution in [2.75, 3.05) is 11.5 Å². The minimum atomic E-state index is -0.733. The highest BCUT2D eigenvalue weighted by molar-refractivity contribution is 7.99. The van der Waals surface area contributed by atoms with Crippen molar-refractivity contribution < 1.29 is 14.6 Å². The molecule has 2 rings (SSSR count). The zero-order valence-electron chi connectivity index (χ0n) is 8.89. The molecule has 1 unspecified atom stereocenters. The fraction of sp³-hybridized carbons (Fsp3) is 0.417. The second-order valence-corrected chi connectivity index (χ2v) is 4.92. The van der Waals surface area contributed by atoms with Gasteiger partial charge < -0.3 is 9.84 Å². The lowest BCUT2D eigenvalue weighted by Crippen LogP contribution is -2.16. The summed E-state index contributed by atoms with van der Waals surface area (Å²) in [5.41, 5.74) is 1.26. The molecule has 1 aromatic rings. The van der Waals surface area contributed by atoms with Gasteiger partial charge in [-0.25, -0.2) is 0 Å². The maximum absolute atomic E-state index is 10.3. The summed E-state index contributed by atoms with van der Waals surface area (Å²) in [6.45, 7) is 0. The molecule has 4 heteroatoms. The average molecular weight is 238 g/mol. The first-order valence-corrected chi connectivity index (χ1v) is 6.45. The summed E-state index contributed by atoms with van der Waals surface area (Å²) in [5.74, 6) is 1.77.